The maximum Gasteiger partial charge on any atom is 0.310 e. The van der Waals surface area contributed by atoms with E-state index in [0.29, 0.717) is 36.9 Å². The van der Waals surface area contributed by atoms with E-state index in [1.165, 1.54) is 0 Å². The van der Waals surface area contributed by atoms with Gasteiger partial charge in [-0.05, 0) is 35.2 Å². The number of hydrogen-bond donors (Lipinski definition) is 1. The number of nitrogens with zero attached hydrogens (tertiary/aromatic N) is 1. The van der Waals surface area contributed by atoms with Crippen molar-refractivity contribution in [3.8, 4) is 11.5 Å². The zero-order chi connectivity index (χ0) is 22.6. The van der Waals surface area contributed by atoms with E-state index in [2.05, 4.69) is 4.98 Å². The predicted molar refractivity (Wildman–Crippen MR) is 126 cm³/mol. The van der Waals surface area contributed by atoms with Gasteiger partial charge in [0.2, 0.25) is 0 Å². The average molecular weight is 463 g/mol. The lowest BCUT2D eigenvalue weighted by molar-refractivity contribution is -0.147. The van der Waals surface area contributed by atoms with Crippen LogP contribution in [-0.2, 0) is 27.3 Å². The summed E-state index contributed by atoms with van der Waals surface area (Å²) >= 11 is 1.56. The summed E-state index contributed by atoms with van der Waals surface area (Å²) in [5, 5.41) is 2.93. The zero-order valence-electron chi connectivity index (χ0n) is 17.8. The zero-order valence-corrected chi connectivity index (χ0v) is 18.6. The van der Waals surface area contributed by atoms with Gasteiger partial charge in [-0.3, -0.25) is 9.59 Å². The smallest absolute Gasteiger partial charge is 0.310 e. The number of ether oxygens (including phenoxy) is 3. The number of H-pyrrole nitrogens is 1. The lowest BCUT2D eigenvalue weighted by atomic mass is 10.1. The van der Waals surface area contributed by atoms with Gasteiger partial charge in [0.15, 0.2) is 18.1 Å². The summed E-state index contributed by atoms with van der Waals surface area (Å²) in [6, 6.07) is 17.0. The van der Waals surface area contributed by atoms with Crippen LogP contribution in [0, 0.1) is 0 Å². The summed E-state index contributed by atoms with van der Waals surface area (Å²) in [6.07, 6.45) is 1.89. The number of para-hydroxylation sites is 1. The lowest BCUT2D eigenvalue weighted by Crippen LogP contribution is -2.34. The minimum absolute atomic E-state index is 0.0895. The van der Waals surface area contributed by atoms with Crippen molar-refractivity contribution in [2.75, 3.05) is 24.7 Å². The monoisotopic (exact) mass is 462 g/mol. The van der Waals surface area contributed by atoms with Gasteiger partial charge in [-0.25, -0.2) is 0 Å². The standard InChI is InChI=1S/C25H22N2O5S/c28-24(16-32-25(29)12-17-14-26-21-6-2-1-5-20(17)21)27(15-19-4-3-11-33-19)18-7-8-22-23(13-18)31-10-9-30-22/h1-8,11,13-14,26H,9-10,12,15-16H2. The molecule has 0 spiro atoms. The Morgan fingerprint density at radius 3 is 2.73 bits per heavy atom. The van der Waals surface area contributed by atoms with Crippen molar-refractivity contribution < 1.29 is 23.8 Å². The molecule has 1 amide bonds. The van der Waals surface area contributed by atoms with E-state index in [4.69, 9.17) is 14.2 Å². The highest BCUT2D eigenvalue weighted by Crippen LogP contribution is 2.34. The van der Waals surface area contributed by atoms with Crippen LogP contribution in [0.15, 0.2) is 66.2 Å². The fraction of sp³-hybridized carbons (Fsp3) is 0.200. The molecule has 0 bridgehead atoms. The van der Waals surface area contributed by atoms with Gasteiger partial charge in [-0.1, -0.05) is 24.3 Å². The first-order valence-corrected chi connectivity index (χ1v) is 11.5. The molecule has 0 unspecified atom stereocenters. The van der Waals surface area contributed by atoms with Crippen LogP contribution < -0.4 is 14.4 Å². The second kappa shape index (κ2) is 9.38. The molecule has 33 heavy (non-hydrogen) atoms. The molecule has 3 heterocycles. The number of aromatic nitrogens is 1. The summed E-state index contributed by atoms with van der Waals surface area (Å²) in [4.78, 5) is 31.4. The van der Waals surface area contributed by atoms with E-state index in [9.17, 15) is 9.59 Å². The second-order valence-electron chi connectivity index (χ2n) is 7.58. The Morgan fingerprint density at radius 2 is 1.88 bits per heavy atom. The molecule has 0 saturated carbocycles. The Labute approximate surface area is 194 Å². The topological polar surface area (TPSA) is 80.9 Å². The Balaban J connectivity index is 1.29. The quantitative estimate of drug-likeness (QED) is 0.414. The van der Waals surface area contributed by atoms with Crippen LogP contribution in [0.3, 0.4) is 0 Å². The van der Waals surface area contributed by atoms with Crippen LogP contribution in [0.5, 0.6) is 11.5 Å². The van der Waals surface area contributed by atoms with Crippen molar-refractivity contribution in [3.05, 3.63) is 76.6 Å². The van der Waals surface area contributed by atoms with Gasteiger partial charge in [0.25, 0.3) is 5.91 Å². The number of benzene rings is 2. The highest BCUT2D eigenvalue weighted by atomic mass is 32.1. The number of thiophene rings is 1. The first kappa shape index (κ1) is 21.1. The minimum Gasteiger partial charge on any atom is -0.486 e. The minimum atomic E-state index is -0.452. The van der Waals surface area contributed by atoms with Gasteiger partial charge in [-0.15, -0.1) is 11.3 Å². The van der Waals surface area contributed by atoms with Gasteiger partial charge in [0.1, 0.15) is 13.2 Å². The Kier molecular flexibility index (Phi) is 5.99. The van der Waals surface area contributed by atoms with Crippen LogP contribution in [-0.4, -0.2) is 36.7 Å². The first-order valence-electron chi connectivity index (χ1n) is 10.6. The molecular formula is C25H22N2O5S. The fourth-order valence-electron chi connectivity index (χ4n) is 3.79. The third-order valence-corrected chi connectivity index (χ3v) is 6.26. The van der Waals surface area contributed by atoms with Gasteiger partial charge in [0, 0.05) is 33.7 Å². The van der Waals surface area contributed by atoms with Crippen molar-refractivity contribution in [2.24, 2.45) is 0 Å². The van der Waals surface area contributed by atoms with Gasteiger partial charge in [-0.2, -0.15) is 0 Å². The molecule has 8 heteroatoms. The summed E-state index contributed by atoms with van der Waals surface area (Å²) in [5.74, 6) is 0.483. The maximum atomic E-state index is 13.1. The molecule has 7 nitrogen and oxygen atoms in total. The van der Waals surface area contributed by atoms with E-state index in [1.807, 2.05) is 47.8 Å². The van der Waals surface area contributed by atoms with Crippen molar-refractivity contribution in [3.63, 3.8) is 0 Å². The van der Waals surface area contributed by atoms with E-state index < -0.39 is 5.97 Å². The van der Waals surface area contributed by atoms with Crippen LogP contribution in [0.25, 0.3) is 10.9 Å². The molecule has 0 fully saturated rings. The highest BCUT2D eigenvalue weighted by molar-refractivity contribution is 7.09. The fourth-order valence-corrected chi connectivity index (χ4v) is 4.48. The van der Waals surface area contributed by atoms with Crippen LogP contribution in [0.1, 0.15) is 10.4 Å². The molecule has 2 aromatic carbocycles. The molecule has 1 aliphatic rings. The number of nitrogens with one attached hydrogen (secondary N) is 1. The number of amides is 1. The van der Waals surface area contributed by atoms with Crippen molar-refractivity contribution in [1.82, 2.24) is 4.98 Å². The Morgan fingerprint density at radius 1 is 1.03 bits per heavy atom. The van der Waals surface area contributed by atoms with Crippen molar-refractivity contribution in [2.45, 2.75) is 13.0 Å². The van der Waals surface area contributed by atoms with Crippen molar-refractivity contribution >= 4 is 39.8 Å². The summed E-state index contributed by atoms with van der Waals surface area (Å²) in [5.41, 5.74) is 2.45. The van der Waals surface area contributed by atoms with E-state index in [0.717, 1.165) is 21.3 Å². The van der Waals surface area contributed by atoms with E-state index in [1.54, 1.807) is 34.6 Å². The number of carbonyl (C=O) groups excluding carboxylic acids is 2. The summed E-state index contributed by atoms with van der Waals surface area (Å²) in [7, 11) is 0. The van der Waals surface area contributed by atoms with E-state index in [-0.39, 0.29) is 18.9 Å². The maximum absolute atomic E-state index is 13.1. The van der Waals surface area contributed by atoms with Gasteiger partial charge in [0.05, 0.1) is 13.0 Å². The summed E-state index contributed by atoms with van der Waals surface area (Å²) < 4.78 is 16.6. The van der Waals surface area contributed by atoms with Crippen LogP contribution in [0.2, 0.25) is 0 Å². The third-order valence-electron chi connectivity index (χ3n) is 5.40. The number of carbonyl (C=O) groups is 2. The summed E-state index contributed by atoms with van der Waals surface area (Å²) in [6.45, 7) is 0.981. The molecule has 5 rings (SSSR count). The van der Waals surface area contributed by atoms with Crippen molar-refractivity contribution in [1.29, 1.82) is 0 Å². The third kappa shape index (κ3) is 4.70. The predicted octanol–water partition coefficient (Wildman–Crippen LogP) is 4.32. The first-order chi connectivity index (χ1) is 16.2. The molecule has 1 N–H and O–H groups in total. The largest absolute Gasteiger partial charge is 0.486 e. The lowest BCUT2D eigenvalue weighted by Gasteiger charge is -2.25. The molecule has 1 aliphatic heterocycles. The Bertz CT molecular complexity index is 1280. The normalized spacial score (nSPS) is 12.5. The molecule has 2 aromatic heterocycles. The molecule has 168 valence electrons. The number of rotatable bonds is 7. The number of hydrogen-bond acceptors (Lipinski definition) is 6. The molecule has 0 aliphatic carbocycles. The molecular weight excluding hydrogens is 440 g/mol. The Hall–Kier alpha value is -3.78. The highest BCUT2D eigenvalue weighted by Gasteiger charge is 2.22. The van der Waals surface area contributed by atoms with E-state index >= 15 is 0 Å². The molecule has 0 saturated heterocycles. The van der Waals surface area contributed by atoms with Gasteiger partial charge >= 0.3 is 5.97 Å². The SMILES string of the molecule is O=C(Cc1c[nH]c2ccccc12)OCC(=O)N(Cc1cccs1)c1ccc2c(c1)OCCO2. The molecule has 0 radical (unpaired) electrons. The molecule has 4 aromatic rings. The average Bonchev–Trinajstić information content (AvgIpc) is 3.51. The number of anilines is 1. The van der Waals surface area contributed by atoms with Gasteiger partial charge < -0.3 is 24.1 Å². The van der Waals surface area contributed by atoms with Crippen LogP contribution in [0.4, 0.5) is 5.69 Å². The number of fused-ring (bicyclic) bond motifs is 2. The van der Waals surface area contributed by atoms with Crippen LogP contribution >= 0.6 is 11.3 Å². The number of esters is 1. The second-order valence-corrected chi connectivity index (χ2v) is 8.62. The molecule has 0 atom stereocenters. The number of aromatic amines is 1.